The summed E-state index contributed by atoms with van der Waals surface area (Å²) in [5.41, 5.74) is 2.63. The Labute approximate surface area is 120 Å². The van der Waals surface area contributed by atoms with Gasteiger partial charge in [-0.2, -0.15) is 0 Å². The van der Waals surface area contributed by atoms with Crippen molar-refractivity contribution in [3.63, 3.8) is 0 Å². The lowest BCUT2D eigenvalue weighted by Gasteiger charge is -2.39. The molecule has 0 bridgehead atoms. The van der Waals surface area contributed by atoms with Crippen LogP contribution in [0.2, 0.25) is 0 Å². The van der Waals surface area contributed by atoms with Crippen molar-refractivity contribution in [3.05, 3.63) is 36.9 Å². The van der Waals surface area contributed by atoms with Crippen LogP contribution in [-0.2, 0) is 0 Å². The van der Waals surface area contributed by atoms with E-state index in [1.165, 1.54) is 37.8 Å². The number of rotatable bonds is 3. The van der Waals surface area contributed by atoms with Crippen molar-refractivity contribution >= 4 is 5.69 Å². The summed E-state index contributed by atoms with van der Waals surface area (Å²) in [6.45, 7) is 4.74. The molecule has 1 aromatic carbocycles. The molecule has 1 saturated carbocycles. The molecule has 0 radical (unpaired) electrons. The fraction of sp³-hybridized carbons (Fsp3) is 0.471. The Kier molecular flexibility index (Phi) is 3.51. The van der Waals surface area contributed by atoms with E-state index in [9.17, 15) is 0 Å². The Morgan fingerprint density at radius 3 is 2.65 bits per heavy atom. The number of hydrogen-bond donors (Lipinski definition) is 1. The lowest BCUT2D eigenvalue weighted by molar-refractivity contribution is 0.217. The Morgan fingerprint density at radius 2 is 2.00 bits per heavy atom. The molecule has 1 atom stereocenters. The van der Waals surface area contributed by atoms with E-state index >= 15 is 0 Å². The smallest absolute Gasteiger partial charge is 0.181 e. The molecular weight excluding hydrogens is 248 g/mol. The molecule has 1 unspecified atom stereocenters. The van der Waals surface area contributed by atoms with Gasteiger partial charge in [0.1, 0.15) is 0 Å². The lowest BCUT2D eigenvalue weighted by atomic mass is 9.73. The largest absolute Gasteiger partial charge is 0.444 e. The number of oxazole rings is 1. The predicted molar refractivity (Wildman–Crippen MR) is 81.6 cm³/mol. The molecule has 3 nitrogen and oxygen atoms in total. The molecule has 1 N–H and O–H groups in total. The zero-order valence-electron chi connectivity index (χ0n) is 12.2. The molecule has 1 aliphatic carbocycles. The van der Waals surface area contributed by atoms with Gasteiger partial charge in [-0.15, -0.1) is 0 Å². The number of aromatic nitrogens is 1. The molecule has 0 spiro atoms. The third-order valence-electron chi connectivity index (χ3n) is 4.45. The highest BCUT2D eigenvalue weighted by Crippen LogP contribution is 2.37. The van der Waals surface area contributed by atoms with Crippen molar-refractivity contribution in [1.82, 2.24) is 4.98 Å². The minimum atomic E-state index is 0.377. The van der Waals surface area contributed by atoms with Gasteiger partial charge < -0.3 is 9.73 Å². The van der Waals surface area contributed by atoms with Gasteiger partial charge in [-0.25, -0.2) is 4.98 Å². The summed E-state index contributed by atoms with van der Waals surface area (Å²) < 4.78 is 5.31. The monoisotopic (exact) mass is 270 g/mol. The lowest BCUT2D eigenvalue weighted by Crippen LogP contribution is -2.38. The Hall–Kier alpha value is -1.77. The molecule has 20 heavy (non-hydrogen) atoms. The van der Waals surface area contributed by atoms with E-state index in [0.717, 1.165) is 11.3 Å². The van der Waals surface area contributed by atoms with E-state index < -0.39 is 0 Å². The van der Waals surface area contributed by atoms with Crippen molar-refractivity contribution in [2.24, 2.45) is 5.41 Å². The average Bonchev–Trinajstić information content (AvgIpc) is 2.96. The highest BCUT2D eigenvalue weighted by Gasteiger charge is 2.31. The van der Waals surface area contributed by atoms with E-state index in [1.54, 1.807) is 6.20 Å². The van der Waals surface area contributed by atoms with Gasteiger partial charge in [0.25, 0.3) is 0 Å². The van der Waals surface area contributed by atoms with E-state index in [-0.39, 0.29) is 0 Å². The first-order valence-electron chi connectivity index (χ1n) is 7.41. The van der Waals surface area contributed by atoms with E-state index in [0.29, 0.717) is 11.5 Å². The fourth-order valence-corrected chi connectivity index (χ4v) is 3.05. The fourth-order valence-electron chi connectivity index (χ4n) is 3.05. The van der Waals surface area contributed by atoms with Crippen LogP contribution >= 0.6 is 0 Å². The van der Waals surface area contributed by atoms with Gasteiger partial charge in [-0.05, 0) is 42.5 Å². The summed E-state index contributed by atoms with van der Waals surface area (Å²) in [4.78, 5) is 3.95. The summed E-state index contributed by atoms with van der Waals surface area (Å²) in [5.74, 6) is 0.814. The first-order valence-corrected chi connectivity index (χ1v) is 7.41. The SMILES string of the molecule is CC1(C)CCCCC1Nc1ccc(-c2cnco2)cc1. The molecule has 1 aromatic heterocycles. The van der Waals surface area contributed by atoms with E-state index in [4.69, 9.17) is 4.42 Å². The first-order chi connectivity index (χ1) is 9.65. The van der Waals surface area contributed by atoms with Crippen LogP contribution in [0, 0.1) is 5.41 Å². The number of anilines is 1. The molecular formula is C17H22N2O. The molecule has 0 amide bonds. The van der Waals surface area contributed by atoms with Crippen LogP contribution in [0.3, 0.4) is 0 Å². The van der Waals surface area contributed by atoms with Crippen molar-refractivity contribution in [1.29, 1.82) is 0 Å². The maximum absolute atomic E-state index is 5.31. The van der Waals surface area contributed by atoms with Crippen LogP contribution in [0.1, 0.15) is 39.5 Å². The molecule has 0 aliphatic heterocycles. The number of nitrogens with one attached hydrogen (secondary N) is 1. The van der Waals surface area contributed by atoms with Crippen molar-refractivity contribution in [3.8, 4) is 11.3 Å². The Morgan fingerprint density at radius 1 is 1.20 bits per heavy atom. The molecule has 3 rings (SSSR count). The molecule has 0 saturated heterocycles. The third kappa shape index (κ3) is 2.72. The Bertz CT molecular complexity index is 543. The topological polar surface area (TPSA) is 38.1 Å². The minimum absolute atomic E-state index is 0.377. The summed E-state index contributed by atoms with van der Waals surface area (Å²) in [5, 5.41) is 3.70. The van der Waals surface area contributed by atoms with Gasteiger partial charge in [0.2, 0.25) is 0 Å². The van der Waals surface area contributed by atoms with Gasteiger partial charge in [-0.3, -0.25) is 0 Å². The summed E-state index contributed by atoms with van der Waals surface area (Å²) >= 11 is 0. The first kappa shape index (κ1) is 13.2. The van der Waals surface area contributed by atoms with E-state index in [2.05, 4.69) is 48.4 Å². The van der Waals surface area contributed by atoms with Crippen LogP contribution in [0.4, 0.5) is 5.69 Å². The van der Waals surface area contributed by atoms with Gasteiger partial charge in [-0.1, -0.05) is 26.7 Å². The van der Waals surface area contributed by atoms with Gasteiger partial charge in [0, 0.05) is 17.3 Å². The third-order valence-corrected chi connectivity index (χ3v) is 4.45. The summed E-state index contributed by atoms with van der Waals surface area (Å²) in [6, 6.07) is 8.98. The van der Waals surface area contributed by atoms with Crippen LogP contribution in [-0.4, -0.2) is 11.0 Å². The molecule has 1 aliphatic rings. The van der Waals surface area contributed by atoms with Gasteiger partial charge in [0.15, 0.2) is 12.2 Å². The molecule has 2 aromatic rings. The summed E-state index contributed by atoms with van der Waals surface area (Å²) in [6.07, 6.45) is 8.46. The second-order valence-electron chi connectivity index (χ2n) is 6.37. The number of hydrogen-bond acceptors (Lipinski definition) is 3. The maximum atomic E-state index is 5.31. The zero-order valence-corrected chi connectivity index (χ0v) is 12.2. The average molecular weight is 270 g/mol. The molecule has 1 heterocycles. The molecule has 1 fully saturated rings. The van der Waals surface area contributed by atoms with Crippen LogP contribution in [0.25, 0.3) is 11.3 Å². The Balaban J connectivity index is 1.72. The van der Waals surface area contributed by atoms with Crippen LogP contribution < -0.4 is 5.32 Å². The highest BCUT2D eigenvalue weighted by atomic mass is 16.3. The maximum Gasteiger partial charge on any atom is 0.181 e. The van der Waals surface area contributed by atoms with Crippen molar-refractivity contribution in [2.45, 2.75) is 45.6 Å². The van der Waals surface area contributed by atoms with Crippen LogP contribution in [0.5, 0.6) is 0 Å². The number of benzene rings is 1. The van der Waals surface area contributed by atoms with Crippen molar-refractivity contribution < 1.29 is 4.42 Å². The van der Waals surface area contributed by atoms with Crippen LogP contribution in [0.15, 0.2) is 41.3 Å². The predicted octanol–water partition coefficient (Wildman–Crippen LogP) is 4.72. The minimum Gasteiger partial charge on any atom is -0.444 e. The highest BCUT2D eigenvalue weighted by molar-refractivity contribution is 5.60. The van der Waals surface area contributed by atoms with Gasteiger partial charge in [0.05, 0.1) is 6.20 Å². The molecule has 106 valence electrons. The van der Waals surface area contributed by atoms with Gasteiger partial charge >= 0.3 is 0 Å². The zero-order chi connectivity index (χ0) is 14.0. The summed E-state index contributed by atoms with van der Waals surface area (Å²) in [7, 11) is 0. The second-order valence-corrected chi connectivity index (χ2v) is 6.37. The standard InChI is InChI=1S/C17H22N2O/c1-17(2)10-4-3-5-16(17)19-14-8-6-13(7-9-14)15-11-18-12-20-15/h6-9,11-12,16,19H,3-5,10H2,1-2H3. The molecule has 3 heteroatoms. The normalized spacial score (nSPS) is 21.6. The number of nitrogens with zero attached hydrogens (tertiary/aromatic N) is 1. The van der Waals surface area contributed by atoms with Crippen molar-refractivity contribution in [2.75, 3.05) is 5.32 Å². The van der Waals surface area contributed by atoms with E-state index in [1.807, 2.05) is 0 Å². The quantitative estimate of drug-likeness (QED) is 0.876. The second kappa shape index (κ2) is 5.31.